The maximum atomic E-state index is 12.0. The minimum atomic E-state index is -3.21. The van der Waals surface area contributed by atoms with Gasteiger partial charge in [-0.25, -0.2) is 8.42 Å². The van der Waals surface area contributed by atoms with Crippen LogP contribution in [0.2, 0.25) is 0 Å². The van der Waals surface area contributed by atoms with Gasteiger partial charge in [0, 0.05) is 26.2 Å². The van der Waals surface area contributed by atoms with Crippen LogP contribution in [0.4, 0.5) is 0 Å². The zero-order chi connectivity index (χ0) is 15.3. The number of sulfonamides is 1. The SMILES string of the molecule is CCN(CC(=O)O)CC(=O)N1CCN(S(C)(=O)=O)CC1. The Kier molecular flexibility index (Phi) is 5.90. The Hall–Kier alpha value is -1.19. The van der Waals surface area contributed by atoms with Crippen molar-refractivity contribution in [1.29, 1.82) is 0 Å². The zero-order valence-electron chi connectivity index (χ0n) is 11.8. The van der Waals surface area contributed by atoms with Crippen molar-refractivity contribution in [3.63, 3.8) is 0 Å². The number of carbonyl (C=O) groups is 2. The predicted octanol–water partition coefficient (Wildman–Crippen LogP) is -1.50. The average molecular weight is 307 g/mol. The van der Waals surface area contributed by atoms with E-state index in [1.807, 2.05) is 0 Å². The number of carbonyl (C=O) groups excluding carboxylic acids is 1. The van der Waals surface area contributed by atoms with Crippen molar-refractivity contribution in [3.05, 3.63) is 0 Å². The van der Waals surface area contributed by atoms with Crippen LogP contribution < -0.4 is 0 Å². The standard InChI is InChI=1S/C11H21N3O5S/c1-3-12(9-11(16)17)8-10(15)13-4-6-14(7-5-13)20(2,18)19/h3-9H2,1-2H3,(H,16,17). The van der Waals surface area contributed by atoms with Crippen LogP contribution in [0.5, 0.6) is 0 Å². The number of hydrogen-bond acceptors (Lipinski definition) is 5. The number of piperazine rings is 1. The van der Waals surface area contributed by atoms with Crippen molar-refractivity contribution < 1.29 is 23.1 Å². The first-order valence-electron chi connectivity index (χ1n) is 6.41. The monoisotopic (exact) mass is 307 g/mol. The fourth-order valence-corrected chi connectivity index (χ4v) is 2.86. The van der Waals surface area contributed by atoms with Gasteiger partial charge < -0.3 is 10.0 Å². The van der Waals surface area contributed by atoms with Gasteiger partial charge in [-0.2, -0.15) is 4.31 Å². The third kappa shape index (κ3) is 5.06. The summed E-state index contributed by atoms with van der Waals surface area (Å²) in [6.07, 6.45) is 1.15. The Balaban J connectivity index is 2.48. The Morgan fingerprint density at radius 2 is 1.70 bits per heavy atom. The van der Waals surface area contributed by atoms with E-state index in [1.165, 1.54) is 9.21 Å². The van der Waals surface area contributed by atoms with Crippen LogP contribution >= 0.6 is 0 Å². The number of hydrogen-bond donors (Lipinski definition) is 1. The van der Waals surface area contributed by atoms with Gasteiger partial charge in [0.2, 0.25) is 15.9 Å². The molecule has 0 aromatic rings. The number of aliphatic carboxylic acids is 1. The normalized spacial score (nSPS) is 17.4. The summed E-state index contributed by atoms with van der Waals surface area (Å²) in [7, 11) is -3.21. The zero-order valence-corrected chi connectivity index (χ0v) is 12.6. The molecule has 1 rings (SSSR count). The lowest BCUT2D eigenvalue weighted by molar-refractivity contribution is -0.140. The maximum Gasteiger partial charge on any atom is 0.317 e. The van der Waals surface area contributed by atoms with Gasteiger partial charge in [-0.15, -0.1) is 0 Å². The minimum absolute atomic E-state index is 0.0433. The summed E-state index contributed by atoms with van der Waals surface area (Å²) in [5.74, 6) is -1.14. The number of nitrogens with zero attached hydrogens (tertiary/aromatic N) is 3. The van der Waals surface area contributed by atoms with Crippen LogP contribution in [-0.2, 0) is 19.6 Å². The molecule has 116 valence electrons. The van der Waals surface area contributed by atoms with Crippen molar-refractivity contribution in [2.75, 3.05) is 52.1 Å². The molecule has 1 aliphatic heterocycles. The van der Waals surface area contributed by atoms with Crippen LogP contribution in [0.25, 0.3) is 0 Å². The molecular formula is C11H21N3O5S. The predicted molar refractivity (Wildman–Crippen MR) is 72.7 cm³/mol. The molecule has 0 saturated carbocycles. The highest BCUT2D eigenvalue weighted by Gasteiger charge is 2.26. The lowest BCUT2D eigenvalue weighted by Crippen LogP contribution is -2.52. The second-order valence-corrected chi connectivity index (χ2v) is 6.72. The van der Waals surface area contributed by atoms with E-state index in [0.717, 1.165) is 6.26 Å². The van der Waals surface area contributed by atoms with Crippen molar-refractivity contribution in [2.45, 2.75) is 6.92 Å². The third-order valence-electron chi connectivity index (χ3n) is 3.23. The number of likely N-dealkylation sites (N-methyl/N-ethyl adjacent to an activating group) is 1. The van der Waals surface area contributed by atoms with Gasteiger partial charge in [-0.3, -0.25) is 14.5 Å². The number of amides is 1. The van der Waals surface area contributed by atoms with E-state index >= 15 is 0 Å². The van der Waals surface area contributed by atoms with Gasteiger partial charge in [-0.05, 0) is 6.54 Å². The molecule has 1 saturated heterocycles. The lowest BCUT2D eigenvalue weighted by atomic mass is 10.3. The summed E-state index contributed by atoms with van der Waals surface area (Å²) in [4.78, 5) is 25.8. The molecule has 1 N–H and O–H groups in total. The average Bonchev–Trinajstić information content (AvgIpc) is 2.36. The first kappa shape index (κ1) is 16.9. The van der Waals surface area contributed by atoms with Crippen molar-refractivity contribution >= 4 is 21.9 Å². The van der Waals surface area contributed by atoms with Crippen molar-refractivity contribution in [2.24, 2.45) is 0 Å². The molecule has 0 aromatic heterocycles. The summed E-state index contributed by atoms with van der Waals surface area (Å²) in [5.41, 5.74) is 0. The molecule has 20 heavy (non-hydrogen) atoms. The van der Waals surface area contributed by atoms with Crippen molar-refractivity contribution in [3.8, 4) is 0 Å². The van der Waals surface area contributed by atoms with E-state index in [2.05, 4.69) is 0 Å². The highest BCUT2D eigenvalue weighted by molar-refractivity contribution is 7.88. The van der Waals surface area contributed by atoms with E-state index in [4.69, 9.17) is 5.11 Å². The van der Waals surface area contributed by atoms with E-state index in [1.54, 1.807) is 11.8 Å². The summed E-state index contributed by atoms with van der Waals surface area (Å²) in [6, 6.07) is 0. The Morgan fingerprint density at radius 1 is 1.15 bits per heavy atom. The molecule has 0 atom stereocenters. The molecule has 1 aliphatic rings. The molecule has 0 aromatic carbocycles. The first-order chi connectivity index (χ1) is 9.24. The number of carboxylic acid groups (broad SMARTS) is 1. The number of carboxylic acids is 1. The van der Waals surface area contributed by atoms with Gasteiger partial charge in [0.1, 0.15) is 0 Å². The van der Waals surface area contributed by atoms with E-state index in [-0.39, 0.29) is 32.1 Å². The quantitative estimate of drug-likeness (QED) is 0.641. The van der Waals surface area contributed by atoms with Crippen LogP contribution in [0.15, 0.2) is 0 Å². The topological polar surface area (TPSA) is 98.2 Å². The lowest BCUT2D eigenvalue weighted by Gasteiger charge is -2.34. The summed E-state index contributed by atoms with van der Waals surface area (Å²) in [5, 5.41) is 8.72. The molecule has 0 bridgehead atoms. The van der Waals surface area contributed by atoms with Gasteiger partial charge in [0.15, 0.2) is 0 Å². The van der Waals surface area contributed by atoms with Crippen LogP contribution in [0.3, 0.4) is 0 Å². The van der Waals surface area contributed by atoms with Gasteiger partial charge >= 0.3 is 5.97 Å². The molecule has 0 unspecified atom stereocenters. The summed E-state index contributed by atoms with van der Waals surface area (Å²) in [6.45, 7) is 3.39. The molecule has 9 heteroatoms. The number of rotatable bonds is 6. The minimum Gasteiger partial charge on any atom is -0.480 e. The third-order valence-corrected chi connectivity index (χ3v) is 4.53. The highest BCUT2D eigenvalue weighted by atomic mass is 32.2. The Labute approximate surface area is 119 Å². The van der Waals surface area contributed by atoms with E-state index in [9.17, 15) is 18.0 Å². The second kappa shape index (κ2) is 7.00. The molecule has 0 radical (unpaired) electrons. The highest BCUT2D eigenvalue weighted by Crippen LogP contribution is 2.06. The van der Waals surface area contributed by atoms with Gasteiger partial charge in [0.25, 0.3) is 0 Å². The van der Waals surface area contributed by atoms with Crippen LogP contribution in [0.1, 0.15) is 6.92 Å². The fourth-order valence-electron chi connectivity index (χ4n) is 2.03. The molecule has 0 spiro atoms. The Bertz CT molecular complexity index is 457. The van der Waals surface area contributed by atoms with E-state index in [0.29, 0.717) is 19.6 Å². The molecule has 0 aliphatic carbocycles. The maximum absolute atomic E-state index is 12.0. The second-order valence-electron chi connectivity index (χ2n) is 4.74. The first-order valence-corrected chi connectivity index (χ1v) is 8.26. The van der Waals surface area contributed by atoms with Crippen LogP contribution in [0, 0.1) is 0 Å². The molecule has 1 heterocycles. The molecule has 1 fully saturated rings. The molecular weight excluding hydrogens is 286 g/mol. The van der Waals surface area contributed by atoms with E-state index < -0.39 is 16.0 Å². The molecule has 1 amide bonds. The largest absolute Gasteiger partial charge is 0.480 e. The summed E-state index contributed by atoms with van der Waals surface area (Å²) >= 11 is 0. The summed E-state index contributed by atoms with van der Waals surface area (Å²) < 4.78 is 24.1. The van der Waals surface area contributed by atoms with Crippen molar-refractivity contribution in [1.82, 2.24) is 14.1 Å². The van der Waals surface area contributed by atoms with Gasteiger partial charge in [0.05, 0.1) is 19.3 Å². The molecule has 8 nitrogen and oxygen atoms in total. The fraction of sp³-hybridized carbons (Fsp3) is 0.818. The smallest absolute Gasteiger partial charge is 0.317 e. The van der Waals surface area contributed by atoms with Crippen LogP contribution in [-0.4, -0.2) is 91.6 Å². The Morgan fingerprint density at radius 3 is 2.10 bits per heavy atom. The van der Waals surface area contributed by atoms with Gasteiger partial charge in [-0.1, -0.05) is 6.92 Å².